The van der Waals surface area contributed by atoms with Crippen LogP contribution in [-0.2, 0) is 25.0 Å². The van der Waals surface area contributed by atoms with Gasteiger partial charge < -0.3 is 14.6 Å². The Kier molecular flexibility index (Phi) is 5.09. The van der Waals surface area contributed by atoms with Crippen LogP contribution in [0.1, 0.15) is 22.3 Å². The van der Waals surface area contributed by atoms with Crippen molar-refractivity contribution in [1.29, 1.82) is 0 Å². The van der Waals surface area contributed by atoms with Crippen molar-refractivity contribution in [2.75, 3.05) is 13.2 Å². The average Bonchev–Trinajstić information content (AvgIpc) is 3.44. The molecule has 0 spiro atoms. The summed E-state index contributed by atoms with van der Waals surface area (Å²) in [5, 5.41) is 9.86. The van der Waals surface area contributed by atoms with Crippen LogP contribution in [0, 0.1) is 0 Å². The number of ether oxygens (including phenoxy) is 2. The predicted octanol–water partition coefficient (Wildman–Crippen LogP) is 0.945. The van der Waals surface area contributed by atoms with E-state index in [1.54, 1.807) is 28.8 Å². The molecule has 2 N–H and O–H groups in total. The van der Waals surface area contributed by atoms with Gasteiger partial charge in [-0.1, -0.05) is 30.3 Å². The van der Waals surface area contributed by atoms with Crippen LogP contribution in [0.5, 0.6) is 0 Å². The quantitative estimate of drug-likeness (QED) is 0.398. The number of fused-ring (bicyclic) bond motifs is 3. The molecule has 160 valence electrons. The normalized spacial score (nSPS) is 27.7. The van der Waals surface area contributed by atoms with Gasteiger partial charge in [-0.2, -0.15) is 0 Å². The lowest BCUT2D eigenvalue weighted by molar-refractivity contribution is -0.184. The number of ketones is 1. The fourth-order valence-electron chi connectivity index (χ4n) is 4.08. The Labute approximate surface area is 176 Å². The molecule has 4 heterocycles. The maximum atomic E-state index is 12.6. The van der Waals surface area contributed by atoms with Gasteiger partial charge in [0.2, 0.25) is 0 Å². The van der Waals surface area contributed by atoms with Gasteiger partial charge >= 0.3 is 8.25 Å². The number of aliphatic hydroxyl groups is 1. The lowest BCUT2D eigenvalue weighted by Gasteiger charge is -2.29. The van der Waals surface area contributed by atoms with Crippen molar-refractivity contribution in [3.8, 4) is 0 Å². The zero-order valence-corrected chi connectivity index (χ0v) is 17.0. The number of rotatable bonds is 7. The summed E-state index contributed by atoms with van der Waals surface area (Å²) in [5.74, 6) is -0.103. The van der Waals surface area contributed by atoms with E-state index in [1.807, 2.05) is 6.07 Å². The first-order chi connectivity index (χ1) is 15.0. The highest BCUT2D eigenvalue weighted by Gasteiger charge is 2.66. The summed E-state index contributed by atoms with van der Waals surface area (Å²) in [7, 11) is -2.92. The summed E-state index contributed by atoms with van der Waals surface area (Å²) in [6.45, 7) is -0.427. The van der Waals surface area contributed by atoms with Crippen LogP contribution in [0.15, 0.2) is 43.0 Å². The van der Waals surface area contributed by atoms with Gasteiger partial charge in [0.05, 0.1) is 31.7 Å². The average molecular weight is 445 g/mol. The van der Waals surface area contributed by atoms with E-state index in [0.29, 0.717) is 22.4 Å². The second-order valence-electron chi connectivity index (χ2n) is 7.38. The molecule has 2 fully saturated rings. The van der Waals surface area contributed by atoms with E-state index in [9.17, 15) is 19.4 Å². The molecule has 3 aromatic rings. The van der Waals surface area contributed by atoms with Crippen molar-refractivity contribution < 1.29 is 33.4 Å². The van der Waals surface area contributed by atoms with E-state index in [2.05, 4.69) is 15.0 Å². The van der Waals surface area contributed by atoms with Crippen LogP contribution in [0.4, 0.5) is 0 Å². The van der Waals surface area contributed by atoms with Crippen molar-refractivity contribution in [1.82, 2.24) is 19.5 Å². The van der Waals surface area contributed by atoms with E-state index < -0.39 is 38.9 Å². The van der Waals surface area contributed by atoms with E-state index in [1.165, 1.54) is 12.7 Å². The molecular formula is C19H18N4O7P+. The van der Waals surface area contributed by atoms with Crippen LogP contribution in [0.2, 0.25) is 0 Å². The zero-order valence-electron chi connectivity index (χ0n) is 16.1. The van der Waals surface area contributed by atoms with Gasteiger partial charge in [-0.05, 0) is 0 Å². The number of imidazole rings is 1. The third-order valence-electron chi connectivity index (χ3n) is 5.58. The van der Waals surface area contributed by atoms with Crippen molar-refractivity contribution in [3.63, 3.8) is 0 Å². The number of hydrogen-bond donors (Lipinski definition) is 2. The number of Topliss-reactive ketones (excluding diaryl/α,β-unsaturated/α-hetero) is 1. The number of aliphatic hydroxyl groups excluding tert-OH is 1. The molecule has 2 aliphatic heterocycles. The van der Waals surface area contributed by atoms with Gasteiger partial charge in [-0.25, -0.2) is 15.0 Å². The molecule has 2 bridgehead atoms. The summed E-state index contributed by atoms with van der Waals surface area (Å²) in [5.41, 5.74) is 0.610. The van der Waals surface area contributed by atoms with Crippen LogP contribution in [0.25, 0.3) is 11.2 Å². The number of carbonyl (C=O) groups excluding carboxylic acids is 1. The molecule has 0 aliphatic carbocycles. The standard InChI is InChI=1S/C19H17N4O7P/c24-7-19-8-28-15(16(19)30-31(26)27)18(29-19)23-10-22-14-12(20-9-21-17(14)23)6-13(25)11-4-2-1-3-5-11/h1-5,9-10,15-16,18,24H,6-8H2/p+1/t15-,16+,18-,19+/m1/s1. The number of aromatic nitrogens is 4. The molecule has 2 saturated heterocycles. The van der Waals surface area contributed by atoms with Crippen LogP contribution < -0.4 is 0 Å². The molecule has 1 unspecified atom stereocenters. The fraction of sp³-hybridized carbons (Fsp3) is 0.368. The molecule has 0 radical (unpaired) electrons. The van der Waals surface area contributed by atoms with E-state index in [0.717, 1.165) is 0 Å². The molecule has 0 saturated carbocycles. The molecule has 5 atom stereocenters. The van der Waals surface area contributed by atoms with Gasteiger partial charge in [-0.15, -0.1) is 9.42 Å². The highest BCUT2D eigenvalue weighted by Crippen LogP contribution is 2.49. The molecule has 1 aromatic carbocycles. The Morgan fingerprint density at radius 1 is 1.29 bits per heavy atom. The number of carbonyl (C=O) groups is 1. The minimum atomic E-state index is -2.92. The Hall–Kier alpha value is -2.66. The summed E-state index contributed by atoms with van der Waals surface area (Å²) < 4.78 is 29.7. The highest BCUT2D eigenvalue weighted by atomic mass is 31.1. The second kappa shape index (κ2) is 7.79. The summed E-state index contributed by atoms with van der Waals surface area (Å²) in [6.07, 6.45) is 0.379. The largest absolute Gasteiger partial charge is 0.695 e. The second-order valence-corrected chi connectivity index (χ2v) is 8.07. The highest BCUT2D eigenvalue weighted by molar-refractivity contribution is 7.32. The first kappa shape index (κ1) is 20.3. The fourth-order valence-corrected chi connectivity index (χ4v) is 4.59. The number of hydrogen-bond acceptors (Lipinski definition) is 9. The zero-order chi connectivity index (χ0) is 21.6. The summed E-state index contributed by atoms with van der Waals surface area (Å²) in [4.78, 5) is 34.7. The molecule has 11 nitrogen and oxygen atoms in total. The minimum Gasteiger partial charge on any atom is -0.393 e. The van der Waals surface area contributed by atoms with Crippen molar-refractivity contribution >= 4 is 25.2 Å². The smallest absolute Gasteiger partial charge is 0.393 e. The first-order valence-electron chi connectivity index (χ1n) is 9.50. The van der Waals surface area contributed by atoms with Crippen molar-refractivity contribution in [3.05, 3.63) is 54.2 Å². The van der Waals surface area contributed by atoms with E-state index in [4.69, 9.17) is 14.0 Å². The molecule has 31 heavy (non-hydrogen) atoms. The van der Waals surface area contributed by atoms with Gasteiger partial charge in [-0.3, -0.25) is 9.36 Å². The van der Waals surface area contributed by atoms with Crippen LogP contribution >= 0.6 is 8.25 Å². The van der Waals surface area contributed by atoms with Gasteiger partial charge in [0.25, 0.3) is 0 Å². The molecule has 5 rings (SSSR count). The van der Waals surface area contributed by atoms with E-state index in [-0.39, 0.29) is 18.8 Å². The maximum absolute atomic E-state index is 12.6. The SMILES string of the molecule is O=C(Cc1ncnc2c1ncn2[C@@H]1O[C@@]2(CO)CO[C@@H]1[C@@H]2O[P+](=O)O)c1ccccc1. The molecule has 2 aromatic heterocycles. The van der Waals surface area contributed by atoms with Crippen molar-refractivity contribution in [2.24, 2.45) is 0 Å². The van der Waals surface area contributed by atoms with E-state index >= 15 is 0 Å². The topological polar surface area (TPSA) is 146 Å². The predicted molar refractivity (Wildman–Crippen MR) is 104 cm³/mol. The lowest BCUT2D eigenvalue weighted by Crippen LogP contribution is -2.44. The number of nitrogens with zero attached hydrogens (tertiary/aromatic N) is 4. The Bertz CT molecular complexity index is 1160. The minimum absolute atomic E-state index is 0.0247. The van der Waals surface area contributed by atoms with Gasteiger partial charge in [0.1, 0.15) is 17.9 Å². The Morgan fingerprint density at radius 2 is 2.10 bits per heavy atom. The molecular weight excluding hydrogens is 427 g/mol. The van der Waals surface area contributed by atoms with Crippen molar-refractivity contribution in [2.45, 2.75) is 30.5 Å². The third kappa shape index (κ3) is 3.35. The van der Waals surface area contributed by atoms with Crippen LogP contribution in [-0.4, -0.2) is 66.3 Å². The molecule has 2 aliphatic rings. The molecule has 12 heteroatoms. The maximum Gasteiger partial charge on any atom is 0.695 e. The third-order valence-corrected chi connectivity index (χ3v) is 5.98. The van der Waals surface area contributed by atoms with Crippen LogP contribution in [0.3, 0.4) is 0 Å². The summed E-state index contributed by atoms with van der Waals surface area (Å²) in [6, 6.07) is 8.89. The van der Waals surface area contributed by atoms with Gasteiger partial charge in [0.15, 0.2) is 29.4 Å². The Balaban J connectivity index is 1.47. The number of benzene rings is 1. The Morgan fingerprint density at radius 3 is 2.84 bits per heavy atom. The first-order valence-corrected chi connectivity index (χ1v) is 10.6. The summed E-state index contributed by atoms with van der Waals surface area (Å²) >= 11 is 0. The molecule has 0 amide bonds. The monoisotopic (exact) mass is 445 g/mol. The van der Waals surface area contributed by atoms with Gasteiger partial charge in [0, 0.05) is 10.1 Å². The lowest BCUT2D eigenvalue weighted by atomic mass is 10.0.